The molecule has 1 atom stereocenters. The minimum absolute atomic E-state index is 0.0202. The van der Waals surface area contributed by atoms with E-state index in [1.807, 2.05) is 18.2 Å². The van der Waals surface area contributed by atoms with E-state index in [1.165, 1.54) is 10.9 Å². The second-order valence-corrected chi connectivity index (χ2v) is 7.06. The van der Waals surface area contributed by atoms with Gasteiger partial charge in [-0.05, 0) is 34.5 Å². The number of ether oxygens (including phenoxy) is 4. The molecular formula is C23H26N2O4. The number of hydrogen-bond donors (Lipinski definition) is 0. The van der Waals surface area contributed by atoms with E-state index in [1.54, 1.807) is 27.5 Å². The van der Waals surface area contributed by atoms with E-state index in [0.717, 1.165) is 29.9 Å². The van der Waals surface area contributed by atoms with Crippen molar-refractivity contribution >= 4 is 10.8 Å². The fourth-order valence-electron chi connectivity index (χ4n) is 3.79. The largest absolute Gasteiger partial charge is 0.497 e. The van der Waals surface area contributed by atoms with Gasteiger partial charge in [-0.15, -0.1) is 0 Å². The van der Waals surface area contributed by atoms with Crippen molar-refractivity contribution in [1.82, 2.24) is 9.88 Å². The fraction of sp³-hybridized carbons (Fsp3) is 0.348. The van der Waals surface area contributed by atoms with E-state index >= 15 is 0 Å². The van der Waals surface area contributed by atoms with Gasteiger partial charge in [0.25, 0.3) is 0 Å². The molecule has 4 rings (SSSR count). The minimum atomic E-state index is 0.0202. The Balaban J connectivity index is 1.52. The molecule has 0 radical (unpaired) electrons. The Bertz CT molecular complexity index is 992. The van der Waals surface area contributed by atoms with Gasteiger partial charge in [-0.1, -0.05) is 18.2 Å². The van der Waals surface area contributed by atoms with Crippen LogP contribution in [0.5, 0.6) is 17.2 Å². The molecule has 29 heavy (non-hydrogen) atoms. The molecule has 1 fully saturated rings. The summed E-state index contributed by atoms with van der Waals surface area (Å²) in [5.74, 6) is 2.26. The van der Waals surface area contributed by atoms with E-state index < -0.39 is 0 Å². The van der Waals surface area contributed by atoms with Crippen LogP contribution in [0, 0.1) is 0 Å². The van der Waals surface area contributed by atoms with Crippen LogP contribution < -0.4 is 14.2 Å². The summed E-state index contributed by atoms with van der Waals surface area (Å²) >= 11 is 0. The SMILES string of the molecule is COc1ccc2cc(C3CN(Cc4nccc(OC)c4OC)CCO3)ccc2c1. The van der Waals surface area contributed by atoms with Crippen LogP contribution in [0.1, 0.15) is 17.4 Å². The molecule has 6 nitrogen and oxygen atoms in total. The fourth-order valence-corrected chi connectivity index (χ4v) is 3.79. The lowest BCUT2D eigenvalue weighted by Gasteiger charge is -2.33. The van der Waals surface area contributed by atoms with E-state index in [-0.39, 0.29) is 6.10 Å². The third-order valence-corrected chi connectivity index (χ3v) is 5.33. The Morgan fingerprint density at radius 2 is 1.83 bits per heavy atom. The number of nitrogens with zero attached hydrogens (tertiary/aromatic N) is 2. The first kappa shape index (κ1) is 19.5. The van der Waals surface area contributed by atoms with Gasteiger partial charge in [-0.2, -0.15) is 0 Å². The molecule has 1 saturated heterocycles. The predicted octanol–water partition coefficient (Wildman–Crippen LogP) is 3.83. The monoisotopic (exact) mass is 394 g/mol. The summed E-state index contributed by atoms with van der Waals surface area (Å²) in [7, 11) is 4.98. The van der Waals surface area contributed by atoms with Gasteiger partial charge in [-0.25, -0.2) is 0 Å². The zero-order valence-corrected chi connectivity index (χ0v) is 17.1. The van der Waals surface area contributed by atoms with Crippen molar-refractivity contribution in [1.29, 1.82) is 0 Å². The topological polar surface area (TPSA) is 53.1 Å². The van der Waals surface area contributed by atoms with Gasteiger partial charge in [0.1, 0.15) is 11.4 Å². The van der Waals surface area contributed by atoms with Crippen LogP contribution in [-0.2, 0) is 11.3 Å². The number of fused-ring (bicyclic) bond motifs is 1. The first-order chi connectivity index (χ1) is 14.2. The molecule has 0 spiro atoms. The molecule has 0 amide bonds. The van der Waals surface area contributed by atoms with Crippen molar-refractivity contribution in [3.63, 3.8) is 0 Å². The number of methoxy groups -OCH3 is 3. The Hall–Kier alpha value is -2.83. The highest BCUT2D eigenvalue weighted by atomic mass is 16.5. The molecule has 1 aliphatic rings. The molecule has 152 valence electrons. The van der Waals surface area contributed by atoms with Gasteiger partial charge in [0.05, 0.1) is 34.0 Å². The lowest BCUT2D eigenvalue weighted by Crippen LogP contribution is -2.38. The molecule has 1 aromatic heterocycles. The number of hydrogen-bond acceptors (Lipinski definition) is 6. The van der Waals surface area contributed by atoms with Crippen LogP contribution >= 0.6 is 0 Å². The second kappa shape index (κ2) is 8.68. The lowest BCUT2D eigenvalue weighted by atomic mass is 10.0. The van der Waals surface area contributed by atoms with E-state index in [2.05, 4.69) is 34.1 Å². The van der Waals surface area contributed by atoms with Gasteiger partial charge in [0.15, 0.2) is 11.5 Å². The van der Waals surface area contributed by atoms with Crippen LogP contribution in [-0.4, -0.2) is 50.9 Å². The number of benzene rings is 2. The van der Waals surface area contributed by atoms with Crippen LogP contribution in [0.25, 0.3) is 10.8 Å². The maximum atomic E-state index is 6.08. The summed E-state index contributed by atoms with van der Waals surface area (Å²) in [5, 5.41) is 2.34. The number of morpholine rings is 1. The van der Waals surface area contributed by atoms with Crippen molar-refractivity contribution in [2.24, 2.45) is 0 Å². The predicted molar refractivity (Wildman–Crippen MR) is 112 cm³/mol. The first-order valence-corrected chi connectivity index (χ1v) is 9.69. The van der Waals surface area contributed by atoms with Gasteiger partial charge in [-0.3, -0.25) is 9.88 Å². The molecule has 1 unspecified atom stereocenters. The van der Waals surface area contributed by atoms with E-state index in [0.29, 0.717) is 24.7 Å². The highest BCUT2D eigenvalue weighted by Crippen LogP contribution is 2.32. The lowest BCUT2D eigenvalue weighted by molar-refractivity contribution is -0.0334. The van der Waals surface area contributed by atoms with Gasteiger partial charge in [0, 0.05) is 31.9 Å². The average molecular weight is 394 g/mol. The summed E-state index contributed by atoms with van der Waals surface area (Å²) in [6.07, 6.45) is 1.78. The molecular weight excluding hydrogens is 368 g/mol. The minimum Gasteiger partial charge on any atom is -0.497 e. The van der Waals surface area contributed by atoms with Gasteiger partial charge < -0.3 is 18.9 Å². The van der Waals surface area contributed by atoms with Crippen molar-refractivity contribution in [3.05, 3.63) is 59.9 Å². The maximum absolute atomic E-state index is 6.08. The number of rotatable bonds is 6. The third-order valence-electron chi connectivity index (χ3n) is 5.33. The molecule has 0 N–H and O–H groups in total. The quantitative estimate of drug-likeness (QED) is 0.633. The van der Waals surface area contributed by atoms with Crippen LogP contribution in [0.2, 0.25) is 0 Å². The van der Waals surface area contributed by atoms with Crippen molar-refractivity contribution in [2.45, 2.75) is 12.6 Å². The number of pyridine rings is 1. The Morgan fingerprint density at radius 3 is 2.62 bits per heavy atom. The molecule has 2 heterocycles. The highest BCUT2D eigenvalue weighted by molar-refractivity contribution is 5.84. The summed E-state index contributed by atoms with van der Waals surface area (Å²) < 4.78 is 22.3. The van der Waals surface area contributed by atoms with E-state index in [4.69, 9.17) is 18.9 Å². The standard InChI is InChI=1S/C23H26N2O4/c1-26-19-7-6-16-12-18(5-4-17(16)13-19)22-15-25(10-11-29-22)14-20-23(28-3)21(27-2)8-9-24-20/h4-9,12-13,22H,10-11,14-15H2,1-3H3. The summed E-state index contributed by atoms with van der Waals surface area (Å²) in [6.45, 7) is 3.01. The average Bonchev–Trinajstić information content (AvgIpc) is 2.78. The molecule has 2 aromatic carbocycles. The second-order valence-electron chi connectivity index (χ2n) is 7.06. The van der Waals surface area contributed by atoms with E-state index in [9.17, 15) is 0 Å². The molecule has 6 heteroatoms. The molecule has 3 aromatic rings. The normalized spacial score (nSPS) is 17.3. The van der Waals surface area contributed by atoms with Crippen molar-refractivity contribution in [2.75, 3.05) is 41.0 Å². The molecule has 0 aliphatic carbocycles. The maximum Gasteiger partial charge on any atom is 0.183 e. The summed E-state index contributed by atoms with van der Waals surface area (Å²) in [6, 6.07) is 14.4. The zero-order valence-electron chi connectivity index (χ0n) is 17.1. The summed E-state index contributed by atoms with van der Waals surface area (Å²) in [5.41, 5.74) is 2.05. The van der Waals surface area contributed by atoms with Crippen LogP contribution in [0.4, 0.5) is 0 Å². The zero-order chi connectivity index (χ0) is 20.2. The van der Waals surface area contributed by atoms with Crippen molar-refractivity contribution < 1.29 is 18.9 Å². The molecule has 1 aliphatic heterocycles. The third kappa shape index (κ3) is 4.13. The Labute approximate surface area is 171 Å². The Morgan fingerprint density at radius 1 is 1.00 bits per heavy atom. The van der Waals surface area contributed by atoms with Gasteiger partial charge in [0.2, 0.25) is 0 Å². The smallest absolute Gasteiger partial charge is 0.183 e. The highest BCUT2D eigenvalue weighted by Gasteiger charge is 2.24. The molecule has 0 saturated carbocycles. The van der Waals surface area contributed by atoms with Gasteiger partial charge >= 0.3 is 0 Å². The number of aromatic nitrogens is 1. The molecule has 0 bridgehead atoms. The van der Waals surface area contributed by atoms with Crippen molar-refractivity contribution in [3.8, 4) is 17.2 Å². The van der Waals surface area contributed by atoms with Crippen LogP contribution in [0.3, 0.4) is 0 Å². The first-order valence-electron chi connectivity index (χ1n) is 9.69. The van der Waals surface area contributed by atoms with Crippen LogP contribution in [0.15, 0.2) is 48.7 Å². The summed E-state index contributed by atoms with van der Waals surface area (Å²) in [4.78, 5) is 6.85. The Kier molecular flexibility index (Phi) is 5.83.